The van der Waals surface area contributed by atoms with Crippen LogP contribution in [-0.4, -0.2) is 0 Å². The van der Waals surface area contributed by atoms with E-state index in [0.29, 0.717) is 0 Å². The molecule has 8 heteroatoms. The first-order valence-electron chi connectivity index (χ1n) is 2.76. The summed E-state index contributed by atoms with van der Waals surface area (Å²) in [5.74, 6) is 0. The second-order valence-corrected chi connectivity index (χ2v) is 10.2. The SMILES string of the molecule is BrC(Br)=C(Br)C(Br)=C(Br)C(Br)=C(Br)Br. The lowest BCUT2D eigenvalue weighted by Crippen LogP contribution is -1.80. The third kappa shape index (κ3) is 5.60. The fraction of sp³-hybridized carbons (Fsp3) is 0. The summed E-state index contributed by atoms with van der Waals surface area (Å²) in [6, 6.07) is 0. The monoisotopic (exact) mass is 703 g/mol. The average molecular weight is 711 g/mol. The molecule has 0 N–H and O–H groups in total. The molecule has 0 heterocycles. The molecule has 0 aliphatic carbocycles. The smallest absolute Gasteiger partial charge is 0.0483 e. The van der Waals surface area contributed by atoms with Crippen molar-refractivity contribution in [2.24, 2.45) is 0 Å². The number of halogens is 8. The first-order chi connectivity index (χ1) is 6.29. The van der Waals surface area contributed by atoms with Gasteiger partial charge < -0.3 is 0 Å². The Kier molecular flexibility index (Phi) is 10.0. The minimum Gasteiger partial charge on any atom is -0.0483 e. The lowest BCUT2D eigenvalue weighted by atomic mass is 10.5. The lowest BCUT2D eigenvalue weighted by molar-refractivity contribution is 1.83. The summed E-state index contributed by atoms with van der Waals surface area (Å²) in [5.41, 5.74) is 0. The van der Waals surface area contributed by atoms with Gasteiger partial charge in [0.25, 0.3) is 0 Å². The zero-order valence-corrected chi connectivity index (χ0v) is 18.7. The molecule has 0 amide bonds. The minimum atomic E-state index is 0.819. The molecule has 80 valence electrons. The van der Waals surface area contributed by atoms with Crippen LogP contribution in [-0.2, 0) is 0 Å². The molecular weight excluding hydrogens is 711 g/mol. The van der Waals surface area contributed by atoms with Crippen LogP contribution in [0.3, 0.4) is 0 Å². The highest BCUT2D eigenvalue weighted by Crippen LogP contribution is 2.42. The van der Waals surface area contributed by atoms with Gasteiger partial charge in [0.05, 0.1) is 15.7 Å². The standard InChI is InChI=1S/C6Br8/c7-1(3(9)5(11)12)2(8)4(10)6(13)14. The Morgan fingerprint density at radius 2 is 0.571 bits per heavy atom. The van der Waals surface area contributed by atoms with Crippen LogP contribution in [0.15, 0.2) is 24.7 Å². The predicted octanol–water partition coefficient (Wildman–Crippen LogP) is 7.70. The summed E-state index contributed by atoms with van der Waals surface area (Å²) in [6.07, 6.45) is 0. The highest BCUT2D eigenvalue weighted by atomic mass is 79.9. The summed E-state index contributed by atoms with van der Waals surface area (Å²) < 4.78 is 5.10. The van der Waals surface area contributed by atoms with Crippen LogP contribution in [0.2, 0.25) is 0 Å². The molecule has 0 aliphatic heterocycles. The van der Waals surface area contributed by atoms with E-state index in [-0.39, 0.29) is 0 Å². The molecule has 0 spiro atoms. The van der Waals surface area contributed by atoms with E-state index >= 15 is 0 Å². The van der Waals surface area contributed by atoms with Gasteiger partial charge in [-0.25, -0.2) is 0 Å². The lowest BCUT2D eigenvalue weighted by Gasteiger charge is -2.04. The summed E-state index contributed by atoms with van der Waals surface area (Å²) in [7, 11) is 0. The summed E-state index contributed by atoms with van der Waals surface area (Å²) >= 11 is 26.9. The molecule has 0 atom stereocenters. The Morgan fingerprint density at radius 3 is 0.714 bits per heavy atom. The molecule has 0 aromatic rings. The van der Waals surface area contributed by atoms with E-state index in [9.17, 15) is 0 Å². The molecule has 0 aromatic heterocycles. The van der Waals surface area contributed by atoms with Crippen molar-refractivity contribution >= 4 is 127 Å². The van der Waals surface area contributed by atoms with E-state index in [1.165, 1.54) is 0 Å². The maximum Gasteiger partial charge on any atom is 0.0757 e. The molecule has 0 radical (unpaired) electrons. The van der Waals surface area contributed by atoms with E-state index in [1.807, 2.05) is 0 Å². The fourth-order valence-electron chi connectivity index (χ4n) is 0.359. The summed E-state index contributed by atoms with van der Waals surface area (Å²) in [5, 5.41) is 0. The Balaban J connectivity index is 5.37. The van der Waals surface area contributed by atoms with Crippen molar-refractivity contribution in [3.63, 3.8) is 0 Å². The van der Waals surface area contributed by atoms with Crippen LogP contribution in [0, 0.1) is 0 Å². The highest BCUT2D eigenvalue weighted by Gasteiger charge is 2.11. The molecule has 0 nitrogen and oxygen atoms in total. The van der Waals surface area contributed by atoms with Crippen molar-refractivity contribution in [2.75, 3.05) is 0 Å². The summed E-state index contributed by atoms with van der Waals surface area (Å²) in [6.45, 7) is 0. The van der Waals surface area contributed by atoms with Gasteiger partial charge in [0.15, 0.2) is 0 Å². The van der Waals surface area contributed by atoms with Crippen LogP contribution >= 0.6 is 127 Å². The quantitative estimate of drug-likeness (QED) is 0.258. The van der Waals surface area contributed by atoms with Crippen LogP contribution in [0.5, 0.6) is 0 Å². The van der Waals surface area contributed by atoms with Gasteiger partial charge in [-0.05, 0) is 127 Å². The van der Waals surface area contributed by atoms with Crippen molar-refractivity contribution in [3.8, 4) is 0 Å². The third-order valence-electron chi connectivity index (χ3n) is 0.910. The molecule has 0 saturated carbocycles. The van der Waals surface area contributed by atoms with Gasteiger partial charge in [0.1, 0.15) is 0 Å². The van der Waals surface area contributed by atoms with Gasteiger partial charge >= 0.3 is 0 Å². The Hall–Kier alpha value is 3.06. The van der Waals surface area contributed by atoms with E-state index in [0.717, 1.165) is 24.7 Å². The average Bonchev–Trinajstić information content (AvgIpc) is 2.12. The maximum atomic E-state index is 3.44. The zero-order chi connectivity index (χ0) is 11.5. The van der Waals surface area contributed by atoms with Gasteiger partial charge in [0.2, 0.25) is 0 Å². The van der Waals surface area contributed by atoms with Crippen LogP contribution < -0.4 is 0 Å². The second-order valence-electron chi connectivity index (χ2n) is 1.78. The minimum absolute atomic E-state index is 0.819. The number of rotatable bonds is 2. The first kappa shape index (κ1) is 17.1. The van der Waals surface area contributed by atoms with Crippen LogP contribution in [0.4, 0.5) is 0 Å². The van der Waals surface area contributed by atoms with Crippen molar-refractivity contribution in [1.29, 1.82) is 0 Å². The van der Waals surface area contributed by atoms with Gasteiger partial charge in [-0.1, -0.05) is 0 Å². The number of allylic oxidation sites excluding steroid dienone is 4. The maximum absolute atomic E-state index is 3.44. The molecule has 0 fully saturated rings. The van der Waals surface area contributed by atoms with Gasteiger partial charge in [-0.2, -0.15) is 0 Å². The van der Waals surface area contributed by atoms with Crippen molar-refractivity contribution in [3.05, 3.63) is 24.7 Å². The molecule has 0 rings (SSSR count). The van der Waals surface area contributed by atoms with Gasteiger partial charge in [0, 0.05) is 8.96 Å². The molecule has 0 aliphatic rings. The Labute approximate surface area is 149 Å². The fourth-order valence-corrected chi connectivity index (χ4v) is 3.94. The normalized spacial score (nSPS) is 12.0. The number of hydrogen-bond acceptors (Lipinski definition) is 0. The molecule has 0 unspecified atom stereocenters. The Morgan fingerprint density at radius 1 is 0.357 bits per heavy atom. The second kappa shape index (κ2) is 8.21. The predicted molar refractivity (Wildman–Crippen MR) is 92.5 cm³/mol. The van der Waals surface area contributed by atoms with Crippen molar-refractivity contribution in [2.45, 2.75) is 0 Å². The van der Waals surface area contributed by atoms with E-state index < -0.39 is 0 Å². The van der Waals surface area contributed by atoms with E-state index in [1.54, 1.807) is 0 Å². The molecule has 0 saturated heterocycles. The molecule has 14 heavy (non-hydrogen) atoms. The third-order valence-corrected chi connectivity index (χ3v) is 9.39. The number of hydrogen-bond donors (Lipinski definition) is 0. The highest BCUT2D eigenvalue weighted by molar-refractivity contribution is 9.29. The van der Waals surface area contributed by atoms with Crippen LogP contribution in [0.1, 0.15) is 0 Å². The van der Waals surface area contributed by atoms with Gasteiger partial charge in [-0.15, -0.1) is 0 Å². The topological polar surface area (TPSA) is 0 Å². The van der Waals surface area contributed by atoms with Crippen molar-refractivity contribution in [1.82, 2.24) is 0 Å². The van der Waals surface area contributed by atoms with Gasteiger partial charge in [-0.3, -0.25) is 0 Å². The molecular formula is C6Br8. The van der Waals surface area contributed by atoms with Crippen molar-refractivity contribution < 1.29 is 0 Å². The largest absolute Gasteiger partial charge is 0.0757 e. The Bertz CT molecular complexity index is 283. The van der Waals surface area contributed by atoms with Crippen LogP contribution in [0.25, 0.3) is 0 Å². The first-order valence-corrected chi connectivity index (χ1v) is 9.11. The van der Waals surface area contributed by atoms with E-state index in [4.69, 9.17) is 0 Å². The molecule has 0 aromatic carbocycles. The summed E-state index contributed by atoms with van der Waals surface area (Å²) in [4.78, 5) is 0. The van der Waals surface area contributed by atoms with E-state index in [2.05, 4.69) is 127 Å². The zero-order valence-electron chi connectivity index (χ0n) is 6.02. The molecule has 0 bridgehead atoms.